The van der Waals surface area contributed by atoms with E-state index in [9.17, 15) is 0 Å². The van der Waals surface area contributed by atoms with Gasteiger partial charge in [0.1, 0.15) is 0 Å². The Morgan fingerprint density at radius 3 is 2.58 bits per heavy atom. The van der Waals surface area contributed by atoms with Gasteiger partial charge in [0, 0.05) is 30.7 Å². The van der Waals surface area contributed by atoms with Crippen molar-refractivity contribution in [1.82, 2.24) is 10.2 Å². The molecule has 3 aliphatic heterocycles. The quantitative estimate of drug-likeness (QED) is 0.841. The predicted molar refractivity (Wildman–Crippen MR) is 76.2 cm³/mol. The van der Waals surface area contributed by atoms with Crippen LogP contribution in [0.15, 0.2) is 0 Å². The minimum atomic E-state index is 0.530. The van der Waals surface area contributed by atoms with Crippen LogP contribution in [0.5, 0.6) is 0 Å². The monoisotopic (exact) mass is 264 g/mol. The van der Waals surface area contributed by atoms with Crippen LogP contribution in [0, 0.1) is 11.3 Å². The lowest BCUT2D eigenvalue weighted by atomic mass is 9.50. The molecule has 3 saturated heterocycles. The van der Waals surface area contributed by atoms with Crippen molar-refractivity contribution in [3.8, 4) is 0 Å². The second-order valence-electron chi connectivity index (χ2n) is 7.23. The van der Waals surface area contributed by atoms with Crippen molar-refractivity contribution in [2.75, 3.05) is 26.2 Å². The third-order valence-corrected chi connectivity index (χ3v) is 6.51. The first kappa shape index (κ1) is 12.6. The van der Waals surface area contributed by atoms with E-state index in [0.717, 1.165) is 24.6 Å². The molecule has 0 aromatic heterocycles. The van der Waals surface area contributed by atoms with E-state index < -0.39 is 0 Å². The molecule has 2 saturated carbocycles. The molecule has 2 aliphatic carbocycles. The van der Waals surface area contributed by atoms with Crippen LogP contribution < -0.4 is 5.32 Å². The molecule has 3 nitrogen and oxygen atoms in total. The van der Waals surface area contributed by atoms with Gasteiger partial charge in [-0.3, -0.25) is 0 Å². The number of hydrogen-bond donors (Lipinski definition) is 1. The van der Waals surface area contributed by atoms with Gasteiger partial charge in [0.05, 0.1) is 6.10 Å². The molecule has 0 amide bonds. The van der Waals surface area contributed by atoms with E-state index in [4.69, 9.17) is 4.74 Å². The van der Waals surface area contributed by atoms with Gasteiger partial charge in [0.2, 0.25) is 0 Å². The Labute approximate surface area is 117 Å². The van der Waals surface area contributed by atoms with Crippen molar-refractivity contribution < 1.29 is 4.74 Å². The lowest BCUT2D eigenvalue weighted by Crippen LogP contribution is -2.70. The second-order valence-corrected chi connectivity index (χ2v) is 7.23. The van der Waals surface area contributed by atoms with E-state index in [0.29, 0.717) is 11.5 Å². The Kier molecular flexibility index (Phi) is 3.13. The third kappa shape index (κ3) is 1.89. The highest BCUT2D eigenvalue weighted by Crippen LogP contribution is 2.57. The number of piperidine rings is 3. The minimum Gasteiger partial charge on any atom is -0.378 e. The maximum absolute atomic E-state index is 5.97. The second kappa shape index (κ2) is 4.71. The van der Waals surface area contributed by atoms with Gasteiger partial charge in [0.15, 0.2) is 0 Å². The SMILES string of the molecule is CCOC1CC(NC2CN3CCC2CC3)C12CCC2. The summed E-state index contributed by atoms with van der Waals surface area (Å²) in [6, 6.07) is 1.52. The summed E-state index contributed by atoms with van der Waals surface area (Å²) in [5, 5.41) is 4.05. The molecule has 5 aliphatic rings. The largest absolute Gasteiger partial charge is 0.378 e. The van der Waals surface area contributed by atoms with E-state index >= 15 is 0 Å². The third-order valence-electron chi connectivity index (χ3n) is 6.51. The Bertz CT molecular complexity index is 334. The van der Waals surface area contributed by atoms with Crippen LogP contribution in [0.3, 0.4) is 0 Å². The molecule has 1 N–H and O–H groups in total. The molecule has 3 heterocycles. The fraction of sp³-hybridized carbons (Fsp3) is 1.00. The van der Waals surface area contributed by atoms with E-state index in [1.165, 1.54) is 58.2 Å². The standard InChI is InChI=1S/C16H28N2O/c1-2-19-15-10-14(16(15)6-3-7-16)17-13-11-18-8-4-12(13)5-9-18/h12-15,17H,2-11H2,1H3. The molecule has 19 heavy (non-hydrogen) atoms. The highest BCUT2D eigenvalue weighted by atomic mass is 16.5. The topological polar surface area (TPSA) is 24.5 Å². The maximum atomic E-state index is 5.97. The number of ether oxygens (including phenoxy) is 1. The summed E-state index contributed by atoms with van der Waals surface area (Å²) in [6.45, 7) is 7.02. The van der Waals surface area contributed by atoms with Gasteiger partial charge in [-0.05, 0) is 58.0 Å². The zero-order valence-corrected chi connectivity index (χ0v) is 12.2. The Morgan fingerprint density at radius 1 is 1.26 bits per heavy atom. The van der Waals surface area contributed by atoms with Crippen molar-refractivity contribution in [2.24, 2.45) is 11.3 Å². The van der Waals surface area contributed by atoms with Gasteiger partial charge >= 0.3 is 0 Å². The molecule has 0 radical (unpaired) electrons. The van der Waals surface area contributed by atoms with Crippen LogP contribution in [0.1, 0.15) is 45.4 Å². The number of nitrogens with zero attached hydrogens (tertiary/aromatic N) is 1. The highest BCUT2D eigenvalue weighted by molar-refractivity contribution is 5.13. The fourth-order valence-corrected chi connectivity index (χ4v) is 5.08. The Balaban J connectivity index is 1.38. The van der Waals surface area contributed by atoms with E-state index in [1.54, 1.807) is 0 Å². The molecular formula is C16H28N2O. The van der Waals surface area contributed by atoms with Gasteiger partial charge < -0.3 is 15.0 Å². The summed E-state index contributed by atoms with van der Waals surface area (Å²) in [6.07, 6.45) is 8.88. The number of fused-ring (bicyclic) bond motifs is 3. The van der Waals surface area contributed by atoms with E-state index in [2.05, 4.69) is 17.1 Å². The van der Waals surface area contributed by atoms with Crippen molar-refractivity contribution in [1.29, 1.82) is 0 Å². The van der Waals surface area contributed by atoms with Crippen LogP contribution in [0.4, 0.5) is 0 Å². The lowest BCUT2D eigenvalue weighted by Gasteiger charge is -2.62. The van der Waals surface area contributed by atoms with Gasteiger partial charge in [-0.15, -0.1) is 0 Å². The molecule has 3 unspecified atom stereocenters. The van der Waals surface area contributed by atoms with Crippen molar-refractivity contribution in [2.45, 2.75) is 63.6 Å². The van der Waals surface area contributed by atoms with Crippen molar-refractivity contribution >= 4 is 0 Å². The smallest absolute Gasteiger partial charge is 0.0661 e. The molecule has 108 valence electrons. The summed E-state index contributed by atoms with van der Waals surface area (Å²) in [5.74, 6) is 0.952. The van der Waals surface area contributed by atoms with Crippen LogP contribution in [0.25, 0.3) is 0 Å². The predicted octanol–water partition coefficient (Wildman–Crippen LogP) is 2.02. The zero-order valence-electron chi connectivity index (χ0n) is 12.2. The molecule has 5 fully saturated rings. The molecule has 0 aromatic rings. The summed E-state index contributed by atoms with van der Waals surface area (Å²) in [5.41, 5.74) is 0.530. The molecule has 3 atom stereocenters. The average molecular weight is 264 g/mol. The summed E-state index contributed by atoms with van der Waals surface area (Å²) < 4.78 is 5.97. The zero-order chi connectivity index (χ0) is 12.9. The normalized spacial score (nSPS) is 46.9. The van der Waals surface area contributed by atoms with Gasteiger partial charge in [-0.1, -0.05) is 6.42 Å². The van der Waals surface area contributed by atoms with Crippen LogP contribution >= 0.6 is 0 Å². The van der Waals surface area contributed by atoms with Gasteiger partial charge in [-0.2, -0.15) is 0 Å². The van der Waals surface area contributed by atoms with Gasteiger partial charge in [-0.25, -0.2) is 0 Å². The maximum Gasteiger partial charge on any atom is 0.0661 e. The van der Waals surface area contributed by atoms with Crippen LogP contribution in [-0.2, 0) is 4.74 Å². The summed E-state index contributed by atoms with van der Waals surface area (Å²) >= 11 is 0. The van der Waals surface area contributed by atoms with Gasteiger partial charge in [0.25, 0.3) is 0 Å². The molecule has 3 heteroatoms. The Hall–Kier alpha value is -0.120. The average Bonchev–Trinajstić information content (AvgIpc) is 2.37. The van der Waals surface area contributed by atoms with Crippen LogP contribution in [0.2, 0.25) is 0 Å². The Morgan fingerprint density at radius 2 is 2.05 bits per heavy atom. The van der Waals surface area contributed by atoms with Crippen molar-refractivity contribution in [3.05, 3.63) is 0 Å². The number of nitrogens with one attached hydrogen (secondary N) is 1. The lowest BCUT2D eigenvalue weighted by molar-refractivity contribution is -0.177. The van der Waals surface area contributed by atoms with E-state index in [-0.39, 0.29) is 0 Å². The summed E-state index contributed by atoms with van der Waals surface area (Å²) in [7, 11) is 0. The fourth-order valence-electron chi connectivity index (χ4n) is 5.08. The van der Waals surface area contributed by atoms with Crippen LogP contribution in [-0.4, -0.2) is 49.3 Å². The minimum absolute atomic E-state index is 0.530. The molecule has 5 rings (SSSR count). The molecule has 2 bridgehead atoms. The van der Waals surface area contributed by atoms with E-state index in [1.807, 2.05) is 0 Å². The first-order valence-corrected chi connectivity index (χ1v) is 8.42. The number of rotatable bonds is 4. The van der Waals surface area contributed by atoms with Crippen molar-refractivity contribution in [3.63, 3.8) is 0 Å². The first-order valence-electron chi connectivity index (χ1n) is 8.42. The number of hydrogen-bond acceptors (Lipinski definition) is 3. The summed E-state index contributed by atoms with van der Waals surface area (Å²) in [4.78, 5) is 2.66. The molecular weight excluding hydrogens is 236 g/mol. The highest BCUT2D eigenvalue weighted by Gasteiger charge is 2.59. The molecule has 1 spiro atoms. The molecule has 0 aromatic carbocycles. The first-order chi connectivity index (χ1) is 9.32.